The van der Waals surface area contributed by atoms with Crippen molar-refractivity contribution in [2.75, 3.05) is 14.2 Å². The SMILES string of the molecule is CNCc1cc(/C=C/c2ccccc2)ccc1OC. The van der Waals surface area contributed by atoms with Crippen LogP contribution in [0.4, 0.5) is 0 Å². The number of nitrogens with one attached hydrogen (secondary N) is 1. The van der Waals surface area contributed by atoms with E-state index in [0.29, 0.717) is 0 Å². The molecule has 0 aliphatic rings. The van der Waals surface area contributed by atoms with Gasteiger partial charge in [-0.25, -0.2) is 0 Å². The van der Waals surface area contributed by atoms with Crippen LogP contribution in [0, 0.1) is 0 Å². The van der Waals surface area contributed by atoms with E-state index in [4.69, 9.17) is 4.74 Å². The molecule has 0 amide bonds. The van der Waals surface area contributed by atoms with E-state index >= 15 is 0 Å². The summed E-state index contributed by atoms with van der Waals surface area (Å²) in [5.41, 5.74) is 3.54. The van der Waals surface area contributed by atoms with Crippen molar-refractivity contribution in [2.45, 2.75) is 6.54 Å². The van der Waals surface area contributed by atoms with Crippen LogP contribution < -0.4 is 10.1 Å². The minimum Gasteiger partial charge on any atom is -0.496 e. The number of benzene rings is 2. The predicted octanol–water partition coefficient (Wildman–Crippen LogP) is 3.59. The Labute approximate surface area is 114 Å². The van der Waals surface area contributed by atoms with E-state index in [1.54, 1.807) is 7.11 Å². The summed E-state index contributed by atoms with van der Waals surface area (Å²) in [5, 5.41) is 3.16. The lowest BCUT2D eigenvalue weighted by Crippen LogP contribution is -2.06. The Morgan fingerprint density at radius 3 is 2.42 bits per heavy atom. The van der Waals surface area contributed by atoms with E-state index in [0.717, 1.165) is 12.3 Å². The smallest absolute Gasteiger partial charge is 0.123 e. The molecule has 0 saturated carbocycles. The average Bonchev–Trinajstić information content (AvgIpc) is 2.47. The second-order valence-corrected chi connectivity index (χ2v) is 4.35. The largest absolute Gasteiger partial charge is 0.496 e. The zero-order chi connectivity index (χ0) is 13.5. The molecule has 98 valence electrons. The van der Waals surface area contributed by atoms with Crippen LogP contribution in [-0.2, 0) is 6.54 Å². The van der Waals surface area contributed by atoms with Gasteiger partial charge in [-0.15, -0.1) is 0 Å². The monoisotopic (exact) mass is 253 g/mol. The fourth-order valence-electron chi connectivity index (χ4n) is 1.99. The predicted molar refractivity (Wildman–Crippen MR) is 81.1 cm³/mol. The van der Waals surface area contributed by atoms with Gasteiger partial charge in [-0.2, -0.15) is 0 Å². The van der Waals surface area contributed by atoms with Crippen LogP contribution in [0.3, 0.4) is 0 Å². The topological polar surface area (TPSA) is 21.3 Å². The highest BCUT2D eigenvalue weighted by Crippen LogP contribution is 2.21. The molecule has 2 aromatic carbocycles. The van der Waals surface area contributed by atoms with Crippen LogP contribution in [0.1, 0.15) is 16.7 Å². The van der Waals surface area contributed by atoms with Gasteiger partial charge in [-0.05, 0) is 30.3 Å². The molecule has 0 aliphatic carbocycles. The maximum absolute atomic E-state index is 5.35. The molecule has 0 aromatic heterocycles. The molecular formula is C17H19NO. The Balaban J connectivity index is 2.21. The lowest BCUT2D eigenvalue weighted by Gasteiger charge is -2.08. The number of hydrogen-bond donors (Lipinski definition) is 1. The van der Waals surface area contributed by atoms with Gasteiger partial charge >= 0.3 is 0 Å². The van der Waals surface area contributed by atoms with Crippen molar-refractivity contribution >= 4 is 12.2 Å². The summed E-state index contributed by atoms with van der Waals surface area (Å²) < 4.78 is 5.35. The Bertz CT molecular complexity index is 546. The van der Waals surface area contributed by atoms with Crippen LogP contribution in [0.15, 0.2) is 48.5 Å². The van der Waals surface area contributed by atoms with Crippen molar-refractivity contribution in [3.05, 3.63) is 65.2 Å². The number of hydrogen-bond acceptors (Lipinski definition) is 2. The Hall–Kier alpha value is -2.06. The molecule has 0 unspecified atom stereocenters. The molecule has 19 heavy (non-hydrogen) atoms. The molecule has 0 spiro atoms. The van der Waals surface area contributed by atoms with E-state index in [-0.39, 0.29) is 0 Å². The highest BCUT2D eigenvalue weighted by Gasteiger charge is 2.01. The fraction of sp³-hybridized carbons (Fsp3) is 0.176. The number of ether oxygens (including phenoxy) is 1. The van der Waals surface area contributed by atoms with Crippen LogP contribution >= 0.6 is 0 Å². The quantitative estimate of drug-likeness (QED) is 0.822. The van der Waals surface area contributed by atoms with E-state index in [9.17, 15) is 0 Å². The van der Waals surface area contributed by atoms with Crippen LogP contribution in [0.2, 0.25) is 0 Å². The van der Waals surface area contributed by atoms with Crippen LogP contribution in [0.25, 0.3) is 12.2 Å². The van der Waals surface area contributed by atoms with Crippen LogP contribution in [0.5, 0.6) is 5.75 Å². The van der Waals surface area contributed by atoms with Gasteiger partial charge in [0.05, 0.1) is 7.11 Å². The zero-order valence-electron chi connectivity index (χ0n) is 11.4. The number of methoxy groups -OCH3 is 1. The Kier molecular flexibility index (Phi) is 4.76. The summed E-state index contributed by atoms with van der Waals surface area (Å²) in [7, 11) is 3.64. The first-order chi connectivity index (χ1) is 9.33. The minimum absolute atomic E-state index is 0.802. The van der Waals surface area contributed by atoms with Gasteiger partial charge in [0, 0.05) is 12.1 Å². The summed E-state index contributed by atoms with van der Waals surface area (Å²) >= 11 is 0. The minimum atomic E-state index is 0.802. The molecular weight excluding hydrogens is 234 g/mol. The molecule has 0 radical (unpaired) electrons. The third-order valence-electron chi connectivity index (χ3n) is 2.94. The van der Waals surface area contributed by atoms with Crippen molar-refractivity contribution in [2.24, 2.45) is 0 Å². The normalized spacial score (nSPS) is 10.8. The molecule has 2 heteroatoms. The van der Waals surface area contributed by atoms with E-state index in [2.05, 4.69) is 41.7 Å². The van der Waals surface area contributed by atoms with E-state index in [1.165, 1.54) is 16.7 Å². The second-order valence-electron chi connectivity index (χ2n) is 4.35. The highest BCUT2D eigenvalue weighted by molar-refractivity contribution is 5.70. The molecule has 2 nitrogen and oxygen atoms in total. The zero-order valence-corrected chi connectivity index (χ0v) is 11.4. The summed E-state index contributed by atoms with van der Waals surface area (Å²) in [5.74, 6) is 0.922. The molecule has 0 atom stereocenters. The van der Waals surface area contributed by atoms with Crippen LogP contribution in [-0.4, -0.2) is 14.2 Å². The summed E-state index contributed by atoms with van der Waals surface area (Å²) in [6.45, 7) is 0.802. The molecule has 0 saturated heterocycles. The van der Waals surface area contributed by atoms with Crippen molar-refractivity contribution in [3.63, 3.8) is 0 Å². The van der Waals surface area contributed by atoms with E-state index < -0.39 is 0 Å². The summed E-state index contributed by atoms with van der Waals surface area (Å²) in [4.78, 5) is 0. The molecule has 1 N–H and O–H groups in total. The summed E-state index contributed by atoms with van der Waals surface area (Å²) in [6, 6.07) is 16.5. The molecule has 0 bridgehead atoms. The molecule has 0 heterocycles. The second kappa shape index (κ2) is 6.76. The highest BCUT2D eigenvalue weighted by atomic mass is 16.5. The first-order valence-electron chi connectivity index (χ1n) is 6.38. The third-order valence-corrected chi connectivity index (χ3v) is 2.94. The van der Waals surface area contributed by atoms with Gasteiger partial charge in [-0.3, -0.25) is 0 Å². The Morgan fingerprint density at radius 1 is 1.00 bits per heavy atom. The molecule has 0 fully saturated rings. The Morgan fingerprint density at radius 2 is 1.74 bits per heavy atom. The maximum Gasteiger partial charge on any atom is 0.123 e. The average molecular weight is 253 g/mol. The van der Waals surface area contributed by atoms with Gasteiger partial charge in [0.25, 0.3) is 0 Å². The lowest BCUT2D eigenvalue weighted by molar-refractivity contribution is 0.408. The summed E-state index contributed by atoms with van der Waals surface area (Å²) in [6.07, 6.45) is 4.24. The molecule has 2 rings (SSSR count). The van der Waals surface area contributed by atoms with Gasteiger partial charge in [0.2, 0.25) is 0 Å². The molecule has 0 aliphatic heterocycles. The van der Waals surface area contributed by atoms with Crippen molar-refractivity contribution in [3.8, 4) is 5.75 Å². The van der Waals surface area contributed by atoms with Gasteiger partial charge in [0.1, 0.15) is 5.75 Å². The van der Waals surface area contributed by atoms with Gasteiger partial charge in [0.15, 0.2) is 0 Å². The van der Waals surface area contributed by atoms with Gasteiger partial charge in [-0.1, -0.05) is 48.6 Å². The van der Waals surface area contributed by atoms with Crippen molar-refractivity contribution < 1.29 is 4.74 Å². The number of rotatable bonds is 5. The fourth-order valence-corrected chi connectivity index (χ4v) is 1.99. The van der Waals surface area contributed by atoms with Gasteiger partial charge < -0.3 is 10.1 Å². The van der Waals surface area contributed by atoms with Crippen molar-refractivity contribution in [1.82, 2.24) is 5.32 Å². The van der Waals surface area contributed by atoms with E-state index in [1.807, 2.05) is 31.3 Å². The maximum atomic E-state index is 5.35. The first kappa shape index (κ1) is 13.4. The standard InChI is InChI=1S/C17H19NO/c1-18-13-16-12-15(10-11-17(16)19-2)9-8-14-6-4-3-5-7-14/h3-12,18H,13H2,1-2H3/b9-8+. The van der Waals surface area contributed by atoms with Crippen molar-refractivity contribution in [1.29, 1.82) is 0 Å². The lowest BCUT2D eigenvalue weighted by atomic mass is 10.1. The molecule has 2 aromatic rings. The first-order valence-corrected chi connectivity index (χ1v) is 6.38. The third kappa shape index (κ3) is 3.70.